The number of nitrogens with one attached hydrogen (secondary N) is 2. The van der Waals surface area contributed by atoms with Crippen LogP contribution in [0.2, 0.25) is 0 Å². The molecule has 0 spiro atoms. The summed E-state index contributed by atoms with van der Waals surface area (Å²) in [4.78, 5) is 23.5. The van der Waals surface area contributed by atoms with Crippen LogP contribution < -0.4 is 17.0 Å². The molecule has 7 nitrogen and oxygen atoms in total. The second-order valence-electron chi connectivity index (χ2n) is 3.59. The van der Waals surface area contributed by atoms with Crippen molar-refractivity contribution in [3.8, 4) is 0 Å². The number of hydrazine groups is 1. The number of hydrogen-bond acceptors (Lipinski definition) is 6. The topological polar surface area (TPSA) is 106 Å². The van der Waals surface area contributed by atoms with E-state index in [4.69, 9.17) is 5.84 Å². The first-order chi connectivity index (χ1) is 9.17. The molecule has 0 aliphatic rings. The van der Waals surface area contributed by atoms with E-state index in [1.165, 1.54) is 23.1 Å². The highest BCUT2D eigenvalue weighted by atomic mass is 32.2. The van der Waals surface area contributed by atoms with Gasteiger partial charge in [-0.1, -0.05) is 11.8 Å². The highest BCUT2D eigenvalue weighted by Gasteiger charge is 2.14. The van der Waals surface area contributed by atoms with Gasteiger partial charge >= 0.3 is 5.69 Å². The lowest BCUT2D eigenvalue weighted by Crippen LogP contribution is -2.29. The number of rotatable bonds is 5. The Bertz CT molecular complexity index is 630. The van der Waals surface area contributed by atoms with Crippen molar-refractivity contribution in [3.63, 3.8) is 0 Å². The molecule has 2 rings (SSSR count). The van der Waals surface area contributed by atoms with Gasteiger partial charge < -0.3 is 0 Å². The fraction of sp³-hybridized carbons (Fsp3) is 0.300. The van der Waals surface area contributed by atoms with Crippen molar-refractivity contribution < 1.29 is 4.79 Å². The van der Waals surface area contributed by atoms with Gasteiger partial charge in [0.25, 0.3) is 5.91 Å². The Hall–Kier alpha value is -1.58. The summed E-state index contributed by atoms with van der Waals surface area (Å²) in [5.74, 6) is 5.37. The van der Waals surface area contributed by atoms with Gasteiger partial charge in [-0.05, 0) is 23.9 Å². The summed E-state index contributed by atoms with van der Waals surface area (Å²) < 4.78 is 1.54. The third-order valence-corrected chi connectivity index (χ3v) is 4.46. The van der Waals surface area contributed by atoms with E-state index in [0.29, 0.717) is 22.3 Å². The van der Waals surface area contributed by atoms with Gasteiger partial charge in [-0.15, -0.1) is 16.4 Å². The lowest BCUT2D eigenvalue weighted by atomic mass is 10.3. The van der Waals surface area contributed by atoms with Gasteiger partial charge in [-0.3, -0.25) is 14.8 Å². The molecule has 2 aromatic heterocycles. The van der Waals surface area contributed by atoms with Crippen molar-refractivity contribution in [2.75, 3.05) is 0 Å². The molecule has 2 heterocycles. The minimum absolute atomic E-state index is 0.227. The second-order valence-corrected chi connectivity index (χ2v) is 5.45. The van der Waals surface area contributed by atoms with Crippen LogP contribution in [0.1, 0.15) is 22.2 Å². The molecule has 2 aromatic rings. The summed E-state index contributed by atoms with van der Waals surface area (Å²) in [7, 11) is 0. The largest absolute Gasteiger partial charge is 0.343 e. The molecule has 9 heteroatoms. The van der Waals surface area contributed by atoms with Crippen LogP contribution in [0.3, 0.4) is 0 Å². The minimum Gasteiger partial charge on any atom is -0.289 e. The Labute approximate surface area is 117 Å². The number of carbonyl (C=O) groups excluding carboxylic acids is 1. The Morgan fingerprint density at radius 1 is 1.68 bits per heavy atom. The van der Waals surface area contributed by atoms with Gasteiger partial charge in [0.2, 0.25) is 0 Å². The molecule has 0 saturated heterocycles. The number of amides is 1. The number of H-pyrrole nitrogens is 1. The highest BCUT2D eigenvalue weighted by Crippen LogP contribution is 2.25. The Balaban J connectivity index is 2.13. The van der Waals surface area contributed by atoms with Crippen LogP contribution >= 0.6 is 23.1 Å². The number of aromatic amines is 1. The van der Waals surface area contributed by atoms with Gasteiger partial charge in [-0.25, -0.2) is 15.7 Å². The predicted octanol–water partition coefficient (Wildman–Crippen LogP) is 0.549. The number of nitrogens with zero attached hydrogens (tertiary/aromatic N) is 2. The molecule has 19 heavy (non-hydrogen) atoms. The third-order valence-electron chi connectivity index (χ3n) is 2.48. The number of nitrogens with two attached hydrogens (primary N) is 1. The third kappa shape index (κ3) is 2.88. The minimum atomic E-state index is -0.305. The maximum atomic E-state index is 11.5. The molecule has 0 aromatic carbocycles. The van der Waals surface area contributed by atoms with Crippen LogP contribution in [-0.2, 0) is 12.3 Å². The van der Waals surface area contributed by atoms with E-state index in [0.717, 1.165) is 5.56 Å². The first kappa shape index (κ1) is 13.8. The average Bonchev–Trinajstić information content (AvgIpc) is 3.01. The zero-order chi connectivity index (χ0) is 13.8. The number of nitrogen functional groups attached to an aromatic ring is 1. The lowest BCUT2D eigenvalue weighted by Gasteiger charge is -2.03. The quantitative estimate of drug-likeness (QED) is 0.323. The van der Waals surface area contributed by atoms with E-state index < -0.39 is 0 Å². The Morgan fingerprint density at radius 3 is 3.16 bits per heavy atom. The summed E-state index contributed by atoms with van der Waals surface area (Å²) in [5.41, 5.74) is 2.76. The van der Waals surface area contributed by atoms with Crippen LogP contribution in [0.25, 0.3) is 0 Å². The molecule has 0 aliphatic carbocycles. The smallest absolute Gasteiger partial charge is 0.289 e. The van der Waals surface area contributed by atoms with Crippen LogP contribution in [0.15, 0.2) is 21.4 Å². The van der Waals surface area contributed by atoms with Gasteiger partial charge in [0.05, 0.1) is 4.88 Å². The maximum Gasteiger partial charge on any atom is 0.343 e. The summed E-state index contributed by atoms with van der Waals surface area (Å²) in [6.45, 7) is 2.43. The average molecular weight is 299 g/mol. The van der Waals surface area contributed by atoms with Crippen LogP contribution in [0.4, 0.5) is 0 Å². The fourth-order valence-electron chi connectivity index (χ4n) is 1.55. The zero-order valence-electron chi connectivity index (χ0n) is 10.2. The highest BCUT2D eigenvalue weighted by molar-refractivity contribution is 7.98. The lowest BCUT2D eigenvalue weighted by molar-refractivity contribution is 0.0957. The van der Waals surface area contributed by atoms with Gasteiger partial charge in [0, 0.05) is 12.3 Å². The van der Waals surface area contributed by atoms with Gasteiger partial charge in [-0.2, -0.15) is 0 Å². The van der Waals surface area contributed by atoms with Crippen LogP contribution in [0, 0.1) is 0 Å². The summed E-state index contributed by atoms with van der Waals surface area (Å²) in [6, 6.07) is 1.86. The second kappa shape index (κ2) is 6.04. The molecule has 0 unspecified atom stereocenters. The number of thioether (sulfide) groups is 1. The van der Waals surface area contributed by atoms with Crippen LogP contribution in [-0.4, -0.2) is 20.7 Å². The predicted molar refractivity (Wildman–Crippen MR) is 74.1 cm³/mol. The van der Waals surface area contributed by atoms with E-state index in [1.54, 1.807) is 4.57 Å². The SMILES string of the molecule is CCn1c(SCc2ccsc2C(=O)NN)n[nH]c1=O. The fourth-order valence-corrected chi connectivity index (χ4v) is 3.47. The molecule has 0 aliphatic heterocycles. The van der Waals surface area contributed by atoms with Gasteiger partial charge in [0.1, 0.15) is 0 Å². The summed E-state index contributed by atoms with van der Waals surface area (Å²) in [5, 5.41) is 8.79. The van der Waals surface area contributed by atoms with E-state index in [9.17, 15) is 9.59 Å². The molecule has 0 atom stereocenters. The maximum absolute atomic E-state index is 11.5. The van der Waals surface area contributed by atoms with Crippen molar-refractivity contribution >= 4 is 29.0 Å². The summed E-state index contributed by atoms with van der Waals surface area (Å²) >= 11 is 2.73. The van der Waals surface area contributed by atoms with E-state index in [2.05, 4.69) is 15.6 Å². The number of aromatic nitrogens is 3. The van der Waals surface area contributed by atoms with E-state index in [-0.39, 0.29) is 11.6 Å². The van der Waals surface area contributed by atoms with Crippen molar-refractivity contribution in [2.45, 2.75) is 24.4 Å². The standard InChI is InChI=1S/C10H13N5O2S2/c1-2-15-9(17)13-14-10(15)19-5-6-3-4-18-7(6)8(16)12-11/h3-4H,2,5,11H2,1H3,(H,12,16)(H,13,17). The molecular weight excluding hydrogens is 286 g/mol. The Morgan fingerprint density at radius 2 is 2.47 bits per heavy atom. The molecule has 0 bridgehead atoms. The first-order valence-electron chi connectivity index (χ1n) is 5.52. The van der Waals surface area contributed by atoms with E-state index in [1.807, 2.05) is 18.4 Å². The van der Waals surface area contributed by atoms with Crippen molar-refractivity contribution in [1.29, 1.82) is 0 Å². The zero-order valence-corrected chi connectivity index (χ0v) is 11.8. The van der Waals surface area contributed by atoms with E-state index >= 15 is 0 Å². The number of thiophene rings is 1. The summed E-state index contributed by atoms with van der Waals surface area (Å²) in [6.07, 6.45) is 0. The van der Waals surface area contributed by atoms with Gasteiger partial charge in [0.15, 0.2) is 5.16 Å². The van der Waals surface area contributed by atoms with Crippen molar-refractivity contribution in [1.82, 2.24) is 20.2 Å². The molecule has 102 valence electrons. The number of carbonyl (C=O) groups is 1. The number of hydrogen-bond donors (Lipinski definition) is 3. The molecule has 0 saturated carbocycles. The molecule has 0 radical (unpaired) electrons. The van der Waals surface area contributed by atoms with Crippen LogP contribution in [0.5, 0.6) is 0 Å². The normalized spacial score (nSPS) is 10.6. The van der Waals surface area contributed by atoms with Crippen molar-refractivity contribution in [3.05, 3.63) is 32.4 Å². The monoisotopic (exact) mass is 299 g/mol. The molecule has 1 amide bonds. The first-order valence-corrected chi connectivity index (χ1v) is 7.39. The molecular formula is C10H13N5O2S2. The molecule has 0 fully saturated rings. The molecule has 4 N–H and O–H groups in total. The Kier molecular flexibility index (Phi) is 4.40. The van der Waals surface area contributed by atoms with Crippen molar-refractivity contribution in [2.24, 2.45) is 5.84 Å².